The van der Waals surface area contributed by atoms with Crippen molar-refractivity contribution in [3.8, 4) is 34.1 Å². The number of carbonyl (C=O) groups is 1. The monoisotopic (exact) mass is 378 g/mol. The number of H-pyrrole nitrogens is 1. The summed E-state index contributed by atoms with van der Waals surface area (Å²) in [7, 11) is 0. The van der Waals surface area contributed by atoms with E-state index >= 15 is 0 Å². The van der Waals surface area contributed by atoms with Gasteiger partial charge in [0, 0.05) is 17.7 Å². The fourth-order valence-corrected chi connectivity index (χ4v) is 3.12. The summed E-state index contributed by atoms with van der Waals surface area (Å²) in [5.41, 5.74) is 4.18. The van der Waals surface area contributed by atoms with Crippen molar-refractivity contribution >= 4 is 5.91 Å². The zero-order valence-corrected chi connectivity index (χ0v) is 15.9. The lowest BCUT2D eigenvalue weighted by Crippen LogP contribution is -2.22. The molecule has 7 nitrogen and oxygen atoms in total. The second kappa shape index (κ2) is 7.72. The number of benzene rings is 1. The molecule has 0 atom stereocenters. The molecule has 28 heavy (non-hydrogen) atoms. The average molecular weight is 378 g/mol. The van der Waals surface area contributed by atoms with E-state index in [1.807, 2.05) is 50.2 Å². The Balaban J connectivity index is 1.71. The summed E-state index contributed by atoms with van der Waals surface area (Å²) in [5.74, 6) is 2.11. The number of ether oxygens (including phenoxy) is 2. The van der Waals surface area contributed by atoms with Crippen LogP contribution in [0.4, 0.5) is 0 Å². The van der Waals surface area contributed by atoms with Crippen LogP contribution in [0.25, 0.3) is 22.6 Å². The van der Waals surface area contributed by atoms with E-state index in [4.69, 9.17) is 14.5 Å². The Morgan fingerprint density at radius 2 is 2.04 bits per heavy atom. The molecule has 0 radical (unpaired) electrons. The summed E-state index contributed by atoms with van der Waals surface area (Å²) < 4.78 is 10.9. The van der Waals surface area contributed by atoms with Crippen LogP contribution in [0.5, 0.6) is 11.5 Å². The molecule has 1 aromatic carbocycles. The van der Waals surface area contributed by atoms with E-state index in [1.54, 1.807) is 0 Å². The first kappa shape index (κ1) is 18.0. The highest BCUT2D eigenvalue weighted by molar-refractivity contribution is 5.79. The SMILES string of the molecule is CCCC(=O)NCc1nc(-c2ccc3c(c2)OCO3)c(-c2cccc(C)n2)[nH]1. The van der Waals surface area contributed by atoms with Crippen molar-refractivity contribution in [3.05, 3.63) is 47.9 Å². The highest BCUT2D eigenvalue weighted by Crippen LogP contribution is 2.38. The molecule has 3 heterocycles. The maximum atomic E-state index is 11.8. The Morgan fingerprint density at radius 1 is 1.18 bits per heavy atom. The van der Waals surface area contributed by atoms with Crippen molar-refractivity contribution in [2.24, 2.45) is 0 Å². The van der Waals surface area contributed by atoms with Gasteiger partial charge in [-0.2, -0.15) is 0 Å². The van der Waals surface area contributed by atoms with Crippen LogP contribution in [0.3, 0.4) is 0 Å². The van der Waals surface area contributed by atoms with Gasteiger partial charge in [-0.05, 0) is 43.7 Å². The molecule has 4 rings (SSSR count). The molecule has 0 spiro atoms. The van der Waals surface area contributed by atoms with Gasteiger partial charge in [0.25, 0.3) is 0 Å². The number of aromatic nitrogens is 3. The zero-order chi connectivity index (χ0) is 19.5. The van der Waals surface area contributed by atoms with E-state index in [9.17, 15) is 4.79 Å². The predicted molar refractivity (Wildman–Crippen MR) is 105 cm³/mol. The van der Waals surface area contributed by atoms with E-state index in [2.05, 4.69) is 15.3 Å². The molecule has 1 amide bonds. The molecule has 0 unspecified atom stereocenters. The zero-order valence-electron chi connectivity index (χ0n) is 15.9. The number of rotatable bonds is 6. The van der Waals surface area contributed by atoms with Gasteiger partial charge in [0.1, 0.15) is 5.82 Å². The number of imidazole rings is 1. The van der Waals surface area contributed by atoms with Crippen LogP contribution in [0.15, 0.2) is 36.4 Å². The third kappa shape index (κ3) is 3.69. The Morgan fingerprint density at radius 3 is 2.86 bits per heavy atom. The molecule has 0 saturated heterocycles. The van der Waals surface area contributed by atoms with Crippen LogP contribution in [-0.2, 0) is 11.3 Å². The van der Waals surface area contributed by atoms with Crippen LogP contribution in [0.2, 0.25) is 0 Å². The number of nitrogens with zero attached hydrogens (tertiary/aromatic N) is 2. The van der Waals surface area contributed by atoms with Crippen molar-refractivity contribution in [3.63, 3.8) is 0 Å². The molecule has 144 valence electrons. The minimum Gasteiger partial charge on any atom is -0.454 e. The Kier molecular flexibility index (Phi) is 4.97. The summed E-state index contributed by atoms with van der Waals surface area (Å²) in [6.07, 6.45) is 1.31. The van der Waals surface area contributed by atoms with E-state index < -0.39 is 0 Å². The lowest BCUT2D eigenvalue weighted by molar-refractivity contribution is -0.121. The number of fused-ring (bicyclic) bond motifs is 1. The van der Waals surface area contributed by atoms with Gasteiger partial charge >= 0.3 is 0 Å². The number of nitrogens with one attached hydrogen (secondary N) is 2. The molecule has 2 N–H and O–H groups in total. The highest BCUT2D eigenvalue weighted by Gasteiger charge is 2.19. The second-order valence-corrected chi connectivity index (χ2v) is 6.67. The molecule has 1 aliphatic heterocycles. The van der Waals surface area contributed by atoms with Crippen molar-refractivity contribution in [1.29, 1.82) is 0 Å². The fraction of sp³-hybridized carbons (Fsp3) is 0.286. The van der Waals surface area contributed by atoms with Crippen LogP contribution in [0, 0.1) is 6.92 Å². The van der Waals surface area contributed by atoms with Crippen molar-refractivity contribution in [1.82, 2.24) is 20.3 Å². The fourth-order valence-electron chi connectivity index (χ4n) is 3.12. The molecular formula is C21H22N4O3. The van der Waals surface area contributed by atoms with E-state index in [1.165, 1.54) is 0 Å². The number of hydrogen-bond acceptors (Lipinski definition) is 5. The maximum absolute atomic E-state index is 11.8. The van der Waals surface area contributed by atoms with Gasteiger partial charge in [-0.15, -0.1) is 0 Å². The lowest BCUT2D eigenvalue weighted by Gasteiger charge is -2.04. The number of amides is 1. The molecule has 2 aromatic heterocycles. The molecular weight excluding hydrogens is 356 g/mol. The second-order valence-electron chi connectivity index (χ2n) is 6.67. The van der Waals surface area contributed by atoms with Crippen molar-refractivity contribution in [2.75, 3.05) is 6.79 Å². The van der Waals surface area contributed by atoms with Crippen LogP contribution < -0.4 is 14.8 Å². The molecule has 0 fully saturated rings. The number of pyridine rings is 1. The molecule has 7 heteroatoms. The van der Waals surface area contributed by atoms with E-state index in [-0.39, 0.29) is 12.7 Å². The third-order valence-electron chi connectivity index (χ3n) is 4.47. The molecule has 0 saturated carbocycles. The first-order chi connectivity index (χ1) is 13.6. The van der Waals surface area contributed by atoms with Crippen LogP contribution >= 0.6 is 0 Å². The third-order valence-corrected chi connectivity index (χ3v) is 4.47. The van der Waals surface area contributed by atoms with E-state index in [0.29, 0.717) is 24.5 Å². The number of hydrogen-bond donors (Lipinski definition) is 2. The molecule has 1 aliphatic rings. The van der Waals surface area contributed by atoms with Crippen molar-refractivity contribution in [2.45, 2.75) is 33.2 Å². The summed E-state index contributed by atoms with van der Waals surface area (Å²) in [5, 5.41) is 2.90. The van der Waals surface area contributed by atoms with Gasteiger partial charge in [-0.1, -0.05) is 13.0 Å². The molecule has 0 bridgehead atoms. The van der Waals surface area contributed by atoms with Crippen molar-refractivity contribution < 1.29 is 14.3 Å². The van der Waals surface area contributed by atoms with Gasteiger partial charge in [0.2, 0.25) is 12.7 Å². The summed E-state index contributed by atoms with van der Waals surface area (Å²) in [6, 6.07) is 11.6. The topological polar surface area (TPSA) is 89.1 Å². The first-order valence-corrected chi connectivity index (χ1v) is 9.33. The Hall–Kier alpha value is -3.35. The maximum Gasteiger partial charge on any atom is 0.231 e. The quantitative estimate of drug-likeness (QED) is 0.684. The highest BCUT2D eigenvalue weighted by atomic mass is 16.7. The van der Waals surface area contributed by atoms with Crippen LogP contribution in [-0.4, -0.2) is 27.7 Å². The summed E-state index contributed by atoms with van der Waals surface area (Å²) in [4.78, 5) is 24.5. The normalized spacial score (nSPS) is 12.2. The van der Waals surface area contributed by atoms with Gasteiger partial charge in [-0.3, -0.25) is 9.78 Å². The molecule has 0 aliphatic carbocycles. The number of aryl methyl sites for hydroxylation is 1. The van der Waals surface area contributed by atoms with Gasteiger partial charge in [0.15, 0.2) is 11.5 Å². The molecule has 3 aromatic rings. The summed E-state index contributed by atoms with van der Waals surface area (Å²) >= 11 is 0. The van der Waals surface area contributed by atoms with Crippen LogP contribution in [0.1, 0.15) is 31.3 Å². The minimum atomic E-state index is 0.0127. The van der Waals surface area contributed by atoms with Gasteiger partial charge in [0.05, 0.1) is 23.6 Å². The Bertz CT molecular complexity index is 1010. The van der Waals surface area contributed by atoms with E-state index in [0.717, 1.165) is 40.5 Å². The largest absolute Gasteiger partial charge is 0.454 e. The van der Waals surface area contributed by atoms with Gasteiger partial charge in [-0.25, -0.2) is 4.98 Å². The number of carbonyl (C=O) groups excluding carboxylic acids is 1. The average Bonchev–Trinajstić information content (AvgIpc) is 3.33. The smallest absolute Gasteiger partial charge is 0.231 e. The summed E-state index contributed by atoms with van der Waals surface area (Å²) in [6.45, 7) is 4.49. The van der Waals surface area contributed by atoms with Gasteiger partial charge < -0.3 is 19.8 Å². The predicted octanol–water partition coefficient (Wildman–Crippen LogP) is 3.59. The lowest BCUT2D eigenvalue weighted by atomic mass is 10.1. The Labute approximate surface area is 163 Å². The minimum absolute atomic E-state index is 0.0127. The standard InChI is InChI=1S/C21H22N4O3/c1-3-5-19(26)22-11-18-24-20(14-8-9-16-17(10-14)28-12-27-16)21(25-18)15-7-4-6-13(2)23-15/h4,6-10H,3,5,11-12H2,1-2H3,(H,22,26)(H,24,25). The first-order valence-electron chi connectivity index (χ1n) is 9.33. The number of aromatic amines is 1.